The van der Waals surface area contributed by atoms with Crippen LogP contribution in [0.4, 0.5) is 17.6 Å². The van der Waals surface area contributed by atoms with Crippen molar-refractivity contribution < 1.29 is 32.3 Å². The van der Waals surface area contributed by atoms with Crippen LogP contribution in [0.15, 0.2) is 29.3 Å². The number of hydrogen-bond acceptors (Lipinski definition) is 4. The van der Waals surface area contributed by atoms with Crippen molar-refractivity contribution in [2.45, 2.75) is 44.4 Å². The van der Waals surface area contributed by atoms with Gasteiger partial charge < -0.3 is 10.4 Å². The van der Waals surface area contributed by atoms with Gasteiger partial charge in [-0.3, -0.25) is 14.7 Å². The van der Waals surface area contributed by atoms with E-state index in [2.05, 4.69) is 10.2 Å². The first kappa shape index (κ1) is 22.2. The van der Waals surface area contributed by atoms with E-state index in [-0.39, 0.29) is 17.6 Å². The first-order valence-corrected chi connectivity index (χ1v) is 9.73. The summed E-state index contributed by atoms with van der Waals surface area (Å²) in [6, 6.07) is 6.94. The van der Waals surface area contributed by atoms with Crippen LogP contribution in [0, 0.1) is 17.7 Å². The summed E-state index contributed by atoms with van der Waals surface area (Å²) in [5.74, 6) is -1.25. The van der Waals surface area contributed by atoms with Crippen molar-refractivity contribution in [3.8, 4) is 0 Å². The number of likely N-dealkylation sites (tertiary alicyclic amines) is 1. The number of amides is 1. The maximum atomic E-state index is 13.9. The van der Waals surface area contributed by atoms with Gasteiger partial charge >= 0.3 is 12.1 Å². The third-order valence-electron chi connectivity index (χ3n) is 5.94. The van der Waals surface area contributed by atoms with Gasteiger partial charge in [-0.25, -0.2) is 9.18 Å². The standard InChI is InChI=1S/C18H22FN3O.C2HF3O2/c1-2-16-20-17(23)18(21-16)8-7-12-9-22(11-14(12)18)10-13-5-3-4-6-15(13)19;3-2(4,5)1(6)7/h3-6,12,14H,2,7-11H2,1H3,(H,20,21,23);(H,6,7)/t12-,14+,18-;/m1./s1. The molecule has 2 heterocycles. The molecule has 1 spiro atoms. The zero-order chi connectivity index (χ0) is 22.1. The smallest absolute Gasteiger partial charge is 0.475 e. The van der Waals surface area contributed by atoms with E-state index >= 15 is 0 Å². The number of carbonyl (C=O) groups is 2. The molecule has 164 valence electrons. The Morgan fingerprint density at radius 2 is 2.00 bits per heavy atom. The molecule has 1 amide bonds. The van der Waals surface area contributed by atoms with E-state index in [1.165, 1.54) is 6.07 Å². The van der Waals surface area contributed by atoms with Crippen molar-refractivity contribution in [1.82, 2.24) is 10.2 Å². The Labute approximate surface area is 171 Å². The largest absolute Gasteiger partial charge is 0.490 e. The Balaban J connectivity index is 0.000000318. The second-order valence-corrected chi connectivity index (χ2v) is 7.78. The quantitative estimate of drug-likeness (QED) is 0.724. The van der Waals surface area contributed by atoms with Crippen LogP contribution in [0.5, 0.6) is 0 Å². The number of hydrogen-bond donors (Lipinski definition) is 2. The minimum atomic E-state index is -5.08. The molecule has 2 aliphatic heterocycles. The van der Waals surface area contributed by atoms with E-state index in [1.807, 2.05) is 19.1 Å². The Bertz CT molecular complexity index is 858. The second kappa shape index (κ2) is 8.33. The van der Waals surface area contributed by atoms with Gasteiger partial charge in [0.1, 0.15) is 17.2 Å². The number of fused-ring (bicyclic) bond motifs is 2. The minimum Gasteiger partial charge on any atom is -0.475 e. The van der Waals surface area contributed by atoms with Crippen LogP contribution in [-0.2, 0) is 16.1 Å². The second-order valence-electron chi connectivity index (χ2n) is 7.78. The number of alkyl halides is 3. The first-order chi connectivity index (χ1) is 14.1. The zero-order valence-electron chi connectivity index (χ0n) is 16.4. The summed E-state index contributed by atoms with van der Waals surface area (Å²) < 4.78 is 45.6. The summed E-state index contributed by atoms with van der Waals surface area (Å²) in [5, 5.41) is 10.1. The highest BCUT2D eigenvalue weighted by molar-refractivity contribution is 6.08. The van der Waals surface area contributed by atoms with Crippen molar-refractivity contribution in [2.75, 3.05) is 13.1 Å². The van der Waals surface area contributed by atoms with Gasteiger partial charge in [0.05, 0.1) is 0 Å². The lowest BCUT2D eigenvalue weighted by molar-refractivity contribution is -0.192. The highest BCUT2D eigenvalue weighted by Crippen LogP contribution is 2.49. The lowest BCUT2D eigenvalue weighted by atomic mass is 9.85. The predicted molar refractivity (Wildman–Crippen MR) is 100 cm³/mol. The highest BCUT2D eigenvalue weighted by Gasteiger charge is 2.58. The number of halogens is 4. The highest BCUT2D eigenvalue weighted by atomic mass is 19.4. The van der Waals surface area contributed by atoms with Crippen LogP contribution in [0.3, 0.4) is 0 Å². The lowest BCUT2D eigenvalue weighted by Crippen LogP contribution is -2.44. The van der Waals surface area contributed by atoms with Crippen molar-refractivity contribution >= 4 is 17.7 Å². The normalized spacial score (nSPS) is 28.0. The average molecular weight is 429 g/mol. The van der Waals surface area contributed by atoms with Crippen molar-refractivity contribution in [1.29, 1.82) is 0 Å². The third kappa shape index (κ3) is 4.33. The number of nitrogens with one attached hydrogen (secondary N) is 1. The average Bonchev–Trinajstić information content (AvgIpc) is 3.32. The molecule has 1 aliphatic carbocycles. The van der Waals surface area contributed by atoms with Gasteiger partial charge in [-0.1, -0.05) is 25.1 Å². The van der Waals surface area contributed by atoms with Gasteiger partial charge in [-0.05, 0) is 24.8 Å². The Morgan fingerprint density at radius 3 is 2.57 bits per heavy atom. The number of carboxylic acids is 1. The molecule has 4 rings (SSSR count). The predicted octanol–water partition coefficient (Wildman–Crippen LogP) is 2.98. The summed E-state index contributed by atoms with van der Waals surface area (Å²) in [6.07, 6.45) is -2.43. The van der Waals surface area contributed by atoms with Crippen LogP contribution in [0.25, 0.3) is 0 Å². The number of carboxylic acid groups (broad SMARTS) is 1. The molecule has 1 aromatic rings. The molecule has 10 heteroatoms. The summed E-state index contributed by atoms with van der Waals surface area (Å²) >= 11 is 0. The molecule has 0 radical (unpaired) electrons. The molecule has 0 bridgehead atoms. The summed E-state index contributed by atoms with van der Waals surface area (Å²) in [6.45, 7) is 4.39. The molecule has 30 heavy (non-hydrogen) atoms. The zero-order valence-corrected chi connectivity index (χ0v) is 16.4. The summed E-state index contributed by atoms with van der Waals surface area (Å²) in [5.41, 5.74) is 0.176. The fourth-order valence-electron chi connectivity index (χ4n) is 4.53. The van der Waals surface area contributed by atoms with Crippen molar-refractivity contribution in [3.05, 3.63) is 35.6 Å². The van der Waals surface area contributed by atoms with Crippen LogP contribution in [0.2, 0.25) is 0 Å². The van der Waals surface area contributed by atoms with Crippen molar-refractivity contribution in [2.24, 2.45) is 16.8 Å². The Kier molecular flexibility index (Phi) is 6.16. The fraction of sp³-hybridized carbons (Fsp3) is 0.550. The van der Waals surface area contributed by atoms with Crippen molar-refractivity contribution in [3.63, 3.8) is 0 Å². The monoisotopic (exact) mass is 429 g/mol. The molecule has 0 unspecified atom stereocenters. The summed E-state index contributed by atoms with van der Waals surface area (Å²) in [4.78, 5) is 28.5. The van der Waals surface area contributed by atoms with Gasteiger partial charge in [0, 0.05) is 37.5 Å². The lowest BCUT2D eigenvalue weighted by Gasteiger charge is -2.25. The SMILES string of the molecule is CCC1=N[C@@]2(CC[C@@H]3CN(Cc4ccccc4F)C[C@@H]32)C(=O)N1.O=C(O)C(F)(F)F. The Morgan fingerprint density at radius 1 is 1.33 bits per heavy atom. The van der Waals surface area contributed by atoms with Crippen LogP contribution < -0.4 is 5.32 Å². The number of nitrogens with zero attached hydrogens (tertiary/aromatic N) is 2. The number of rotatable bonds is 3. The minimum absolute atomic E-state index is 0.0783. The number of aliphatic imine (C=N–C) groups is 1. The van der Waals surface area contributed by atoms with Crippen LogP contribution in [0.1, 0.15) is 31.7 Å². The molecular formula is C20H23F4N3O3. The molecule has 6 nitrogen and oxygen atoms in total. The first-order valence-electron chi connectivity index (χ1n) is 9.73. The fourth-order valence-corrected chi connectivity index (χ4v) is 4.53. The van der Waals surface area contributed by atoms with Gasteiger partial charge in [0.25, 0.3) is 5.91 Å². The molecule has 3 atom stereocenters. The van der Waals surface area contributed by atoms with Crippen LogP contribution in [-0.4, -0.2) is 52.5 Å². The third-order valence-corrected chi connectivity index (χ3v) is 5.94. The molecule has 3 aliphatic rings. The molecule has 2 fully saturated rings. The van der Waals surface area contributed by atoms with E-state index in [4.69, 9.17) is 14.9 Å². The molecule has 1 saturated carbocycles. The van der Waals surface area contributed by atoms with E-state index in [0.29, 0.717) is 12.5 Å². The van der Waals surface area contributed by atoms with E-state index in [9.17, 15) is 22.4 Å². The molecule has 1 saturated heterocycles. The van der Waals surface area contributed by atoms with E-state index < -0.39 is 17.7 Å². The summed E-state index contributed by atoms with van der Waals surface area (Å²) in [7, 11) is 0. The molecular weight excluding hydrogens is 406 g/mol. The van der Waals surface area contributed by atoms with Crippen LogP contribution >= 0.6 is 0 Å². The van der Waals surface area contributed by atoms with Gasteiger partial charge in [0.2, 0.25) is 0 Å². The Hall–Kier alpha value is -2.49. The maximum absolute atomic E-state index is 13.9. The number of aliphatic carboxylic acids is 1. The maximum Gasteiger partial charge on any atom is 0.490 e. The number of benzene rings is 1. The van der Waals surface area contributed by atoms with Gasteiger partial charge in [-0.15, -0.1) is 0 Å². The van der Waals surface area contributed by atoms with E-state index in [0.717, 1.165) is 43.8 Å². The van der Waals surface area contributed by atoms with Gasteiger partial charge in [-0.2, -0.15) is 13.2 Å². The van der Waals surface area contributed by atoms with Gasteiger partial charge in [0.15, 0.2) is 0 Å². The number of carbonyl (C=O) groups excluding carboxylic acids is 1. The molecule has 2 N–H and O–H groups in total. The molecule has 0 aromatic heterocycles. The topological polar surface area (TPSA) is 82.0 Å². The van der Waals surface area contributed by atoms with E-state index in [1.54, 1.807) is 6.07 Å². The number of amidine groups is 1. The molecule has 1 aromatic carbocycles.